The van der Waals surface area contributed by atoms with Crippen LogP contribution in [0.2, 0.25) is 0 Å². The summed E-state index contributed by atoms with van der Waals surface area (Å²) in [5, 5.41) is 12.6. The molecule has 108 valence electrons. The summed E-state index contributed by atoms with van der Waals surface area (Å²) in [7, 11) is 4.32. The Morgan fingerprint density at radius 3 is 2.50 bits per heavy atom. The number of rotatable bonds is 8. The molecule has 2 N–H and O–H groups in total. The van der Waals surface area contributed by atoms with E-state index >= 15 is 0 Å². The number of aliphatic hydroxyl groups is 1. The van der Waals surface area contributed by atoms with Crippen LogP contribution < -0.4 is 5.32 Å². The second kappa shape index (κ2) is 8.86. The largest absolute Gasteiger partial charge is 0.395 e. The highest BCUT2D eigenvalue weighted by Crippen LogP contribution is 2.17. The Labute approximate surface area is 112 Å². The van der Waals surface area contributed by atoms with Crippen molar-refractivity contribution in [1.29, 1.82) is 0 Å². The van der Waals surface area contributed by atoms with Crippen molar-refractivity contribution in [2.24, 2.45) is 5.92 Å². The van der Waals surface area contributed by atoms with Gasteiger partial charge in [0.05, 0.1) is 6.61 Å². The first-order valence-electron chi connectivity index (χ1n) is 7.37. The van der Waals surface area contributed by atoms with Gasteiger partial charge in [-0.3, -0.25) is 0 Å². The van der Waals surface area contributed by atoms with Crippen molar-refractivity contribution in [2.75, 3.05) is 53.4 Å². The molecule has 1 heterocycles. The quantitative estimate of drug-likeness (QED) is 0.669. The van der Waals surface area contributed by atoms with E-state index in [-0.39, 0.29) is 12.6 Å². The molecule has 0 spiro atoms. The lowest BCUT2D eigenvalue weighted by molar-refractivity contribution is 0.149. The minimum atomic E-state index is 0.255. The third kappa shape index (κ3) is 6.14. The van der Waals surface area contributed by atoms with Gasteiger partial charge < -0.3 is 20.2 Å². The van der Waals surface area contributed by atoms with Crippen LogP contribution in [0.25, 0.3) is 0 Å². The third-order valence-electron chi connectivity index (χ3n) is 3.84. The molecule has 0 aliphatic carbocycles. The number of hydrogen-bond donors (Lipinski definition) is 2. The highest BCUT2D eigenvalue weighted by molar-refractivity contribution is 4.75. The van der Waals surface area contributed by atoms with Crippen molar-refractivity contribution in [3.8, 4) is 0 Å². The first-order valence-corrected chi connectivity index (χ1v) is 7.37. The number of piperidine rings is 1. The summed E-state index contributed by atoms with van der Waals surface area (Å²) in [5.41, 5.74) is 0. The summed E-state index contributed by atoms with van der Waals surface area (Å²) in [4.78, 5) is 4.85. The van der Waals surface area contributed by atoms with Gasteiger partial charge >= 0.3 is 0 Å². The zero-order chi connectivity index (χ0) is 13.4. The minimum absolute atomic E-state index is 0.255. The molecule has 0 aromatic carbocycles. The number of likely N-dealkylation sites (tertiary alicyclic amines) is 1. The maximum atomic E-state index is 9.24. The van der Waals surface area contributed by atoms with Gasteiger partial charge in [0.1, 0.15) is 0 Å². The molecule has 0 amide bonds. The van der Waals surface area contributed by atoms with E-state index < -0.39 is 0 Å². The number of nitrogens with one attached hydrogen (secondary N) is 1. The fraction of sp³-hybridized carbons (Fsp3) is 1.00. The highest BCUT2D eigenvalue weighted by atomic mass is 16.3. The Bertz CT molecular complexity index is 203. The van der Waals surface area contributed by atoms with Crippen molar-refractivity contribution in [2.45, 2.75) is 32.2 Å². The van der Waals surface area contributed by atoms with Gasteiger partial charge in [-0.15, -0.1) is 0 Å². The van der Waals surface area contributed by atoms with Gasteiger partial charge in [0, 0.05) is 12.6 Å². The summed E-state index contributed by atoms with van der Waals surface area (Å²) < 4.78 is 0. The molecule has 1 fully saturated rings. The molecule has 1 saturated heterocycles. The van der Waals surface area contributed by atoms with Gasteiger partial charge in [0.2, 0.25) is 0 Å². The van der Waals surface area contributed by atoms with Crippen molar-refractivity contribution < 1.29 is 5.11 Å². The molecule has 0 bridgehead atoms. The molecule has 4 heteroatoms. The Morgan fingerprint density at radius 1 is 1.33 bits per heavy atom. The van der Waals surface area contributed by atoms with E-state index in [1.54, 1.807) is 0 Å². The summed E-state index contributed by atoms with van der Waals surface area (Å²) in [6, 6.07) is 0.273. The van der Waals surface area contributed by atoms with Crippen LogP contribution in [0.15, 0.2) is 0 Å². The first kappa shape index (κ1) is 15.9. The number of hydrogen-bond acceptors (Lipinski definition) is 4. The Balaban J connectivity index is 2.15. The molecule has 0 saturated carbocycles. The Morgan fingerprint density at radius 2 is 2.00 bits per heavy atom. The lowest BCUT2D eigenvalue weighted by Gasteiger charge is -2.33. The van der Waals surface area contributed by atoms with Crippen LogP contribution in [0.3, 0.4) is 0 Å². The molecule has 1 aliphatic rings. The van der Waals surface area contributed by atoms with E-state index in [4.69, 9.17) is 0 Å². The molecule has 0 radical (unpaired) electrons. The van der Waals surface area contributed by atoms with Crippen LogP contribution >= 0.6 is 0 Å². The van der Waals surface area contributed by atoms with E-state index in [0.717, 1.165) is 25.4 Å². The standard InChI is InChI=1S/C14H31N3O/c1-4-15-14(12-18)7-10-17-8-5-13(6-9-17)11-16(2)3/h13-15,18H,4-12H2,1-3H3. The average Bonchev–Trinajstić information content (AvgIpc) is 2.35. The highest BCUT2D eigenvalue weighted by Gasteiger charge is 2.20. The van der Waals surface area contributed by atoms with Gasteiger partial charge in [-0.2, -0.15) is 0 Å². The van der Waals surface area contributed by atoms with Gasteiger partial charge in [-0.25, -0.2) is 0 Å². The van der Waals surface area contributed by atoms with E-state index in [1.807, 2.05) is 0 Å². The lowest BCUT2D eigenvalue weighted by atomic mass is 9.96. The maximum Gasteiger partial charge on any atom is 0.0585 e. The third-order valence-corrected chi connectivity index (χ3v) is 3.84. The van der Waals surface area contributed by atoms with Gasteiger partial charge in [-0.05, 0) is 65.5 Å². The Kier molecular flexibility index (Phi) is 7.82. The van der Waals surface area contributed by atoms with Crippen LogP contribution in [-0.4, -0.2) is 74.4 Å². The topological polar surface area (TPSA) is 38.7 Å². The smallest absolute Gasteiger partial charge is 0.0585 e. The molecular weight excluding hydrogens is 226 g/mol. The molecule has 1 unspecified atom stereocenters. The molecule has 0 aromatic heterocycles. The fourth-order valence-electron chi connectivity index (χ4n) is 2.79. The average molecular weight is 257 g/mol. The van der Waals surface area contributed by atoms with Crippen LogP contribution in [0, 0.1) is 5.92 Å². The zero-order valence-corrected chi connectivity index (χ0v) is 12.4. The predicted octanol–water partition coefficient (Wildman–Crippen LogP) is 0.621. The summed E-state index contributed by atoms with van der Waals surface area (Å²) in [5.74, 6) is 0.874. The summed E-state index contributed by atoms with van der Waals surface area (Å²) in [6.07, 6.45) is 3.70. The predicted molar refractivity (Wildman–Crippen MR) is 76.9 cm³/mol. The summed E-state index contributed by atoms with van der Waals surface area (Å²) in [6.45, 7) is 8.08. The maximum absolute atomic E-state index is 9.24. The van der Waals surface area contributed by atoms with Gasteiger partial charge in [-0.1, -0.05) is 6.92 Å². The van der Waals surface area contributed by atoms with Crippen molar-refractivity contribution in [3.63, 3.8) is 0 Å². The lowest BCUT2D eigenvalue weighted by Crippen LogP contribution is -2.41. The summed E-state index contributed by atoms with van der Waals surface area (Å²) >= 11 is 0. The van der Waals surface area contributed by atoms with Crippen LogP contribution in [-0.2, 0) is 0 Å². The van der Waals surface area contributed by atoms with E-state index in [2.05, 4.69) is 36.1 Å². The number of aliphatic hydroxyl groups excluding tert-OH is 1. The molecule has 18 heavy (non-hydrogen) atoms. The van der Waals surface area contributed by atoms with Gasteiger partial charge in [0.25, 0.3) is 0 Å². The molecule has 1 aliphatic heterocycles. The molecule has 4 nitrogen and oxygen atoms in total. The van der Waals surface area contributed by atoms with Crippen molar-refractivity contribution in [3.05, 3.63) is 0 Å². The molecule has 1 atom stereocenters. The second-order valence-corrected chi connectivity index (χ2v) is 5.77. The second-order valence-electron chi connectivity index (χ2n) is 5.77. The first-order chi connectivity index (χ1) is 8.65. The van der Waals surface area contributed by atoms with Crippen molar-refractivity contribution in [1.82, 2.24) is 15.1 Å². The molecule has 0 aromatic rings. The fourth-order valence-corrected chi connectivity index (χ4v) is 2.79. The minimum Gasteiger partial charge on any atom is -0.395 e. The van der Waals surface area contributed by atoms with Gasteiger partial charge in [0.15, 0.2) is 0 Å². The number of likely N-dealkylation sites (N-methyl/N-ethyl adjacent to an activating group) is 1. The molecule has 1 rings (SSSR count). The van der Waals surface area contributed by atoms with E-state index in [1.165, 1.54) is 32.5 Å². The normalized spacial score (nSPS) is 20.5. The van der Waals surface area contributed by atoms with Crippen molar-refractivity contribution >= 4 is 0 Å². The zero-order valence-electron chi connectivity index (χ0n) is 12.4. The monoisotopic (exact) mass is 257 g/mol. The molecular formula is C14H31N3O. The Hall–Kier alpha value is -0.160. The van der Waals surface area contributed by atoms with E-state index in [9.17, 15) is 5.11 Å². The van der Waals surface area contributed by atoms with E-state index in [0.29, 0.717) is 0 Å². The van der Waals surface area contributed by atoms with Crippen LogP contribution in [0.5, 0.6) is 0 Å². The number of nitrogens with zero attached hydrogens (tertiary/aromatic N) is 2. The van der Waals surface area contributed by atoms with Crippen LogP contribution in [0.4, 0.5) is 0 Å². The SMILES string of the molecule is CCNC(CO)CCN1CCC(CN(C)C)CC1. The van der Waals surface area contributed by atoms with Crippen LogP contribution in [0.1, 0.15) is 26.2 Å².